The Kier molecular flexibility index (Phi) is 6.99. The van der Waals surface area contributed by atoms with E-state index in [9.17, 15) is 9.18 Å². The number of aromatic nitrogens is 2. The van der Waals surface area contributed by atoms with Crippen LogP contribution in [0.3, 0.4) is 0 Å². The lowest BCUT2D eigenvalue weighted by Gasteiger charge is -2.43. The van der Waals surface area contributed by atoms with Crippen LogP contribution in [0.4, 0.5) is 10.1 Å². The Balaban J connectivity index is 1.58. The van der Waals surface area contributed by atoms with Crippen molar-refractivity contribution in [3.05, 3.63) is 89.1 Å². The summed E-state index contributed by atoms with van der Waals surface area (Å²) in [5, 5.41) is 3.69. The Hall–Kier alpha value is -4.07. The van der Waals surface area contributed by atoms with Crippen LogP contribution in [0.25, 0.3) is 11.8 Å². The third-order valence-corrected chi connectivity index (χ3v) is 6.72. The molecule has 0 atom stereocenters. The molecule has 0 radical (unpaired) electrons. The van der Waals surface area contributed by atoms with Crippen molar-refractivity contribution in [2.24, 2.45) is 0 Å². The van der Waals surface area contributed by atoms with Crippen LogP contribution in [0.15, 0.2) is 72.0 Å². The number of rotatable bonds is 5. The van der Waals surface area contributed by atoms with Gasteiger partial charge in [-0.2, -0.15) is 0 Å². The molecule has 0 aliphatic carbocycles. The van der Waals surface area contributed by atoms with E-state index in [1.165, 1.54) is 17.7 Å². The van der Waals surface area contributed by atoms with Crippen LogP contribution in [0.5, 0.6) is 5.75 Å². The molecule has 0 saturated carbocycles. The van der Waals surface area contributed by atoms with Crippen LogP contribution in [-0.4, -0.2) is 40.7 Å². The average Bonchev–Trinajstić information content (AvgIpc) is 3.33. The first-order valence-corrected chi connectivity index (χ1v) is 12.6. The van der Waals surface area contributed by atoms with Crippen molar-refractivity contribution in [1.82, 2.24) is 14.6 Å². The number of ether oxygens (including phenoxy) is 2. The van der Waals surface area contributed by atoms with Gasteiger partial charge < -0.3 is 14.0 Å². The molecule has 0 spiro atoms. The van der Waals surface area contributed by atoms with Gasteiger partial charge in [0.1, 0.15) is 23.9 Å². The first-order chi connectivity index (χ1) is 18.0. The lowest BCUT2D eigenvalue weighted by molar-refractivity contribution is -0.122. The number of amides is 1. The highest BCUT2D eigenvalue weighted by Crippen LogP contribution is 2.36. The van der Waals surface area contributed by atoms with E-state index in [0.717, 1.165) is 41.9 Å². The molecule has 1 fully saturated rings. The first kappa shape index (κ1) is 24.6. The molecule has 7 nitrogen and oxygen atoms in total. The number of allylic oxidation sites excluding steroid dienone is 1. The predicted octanol–water partition coefficient (Wildman–Crippen LogP) is 5.80. The van der Waals surface area contributed by atoms with Gasteiger partial charge in [0.05, 0.1) is 42.7 Å². The Morgan fingerprint density at radius 1 is 1.16 bits per heavy atom. The second-order valence-electron chi connectivity index (χ2n) is 9.18. The Morgan fingerprint density at radius 2 is 1.97 bits per heavy atom. The minimum atomic E-state index is -0.334. The van der Waals surface area contributed by atoms with Crippen LogP contribution >= 0.6 is 0 Å². The lowest BCUT2D eigenvalue weighted by Crippen LogP contribution is -2.51. The van der Waals surface area contributed by atoms with E-state index in [4.69, 9.17) is 9.47 Å². The number of nitrogens with zero attached hydrogens (tertiary/aromatic N) is 4. The van der Waals surface area contributed by atoms with Gasteiger partial charge in [-0.15, -0.1) is 0 Å². The molecule has 3 heterocycles. The van der Waals surface area contributed by atoms with Gasteiger partial charge >= 0.3 is 0 Å². The number of carbonyl (C=O) groups is 1. The zero-order chi connectivity index (χ0) is 25.9. The zero-order valence-electron chi connectivity index (χ0n) is 21.4. The van der Waals surface area contributed by atoms with Crippen molar-refractivity contribution in [3.63, 3.8) is 0 Å². The normalized spacial score (nSPS) is 17.4. The molecule has 0 N–H and O–H groups in total. The number of halogens is 1. The van der Waals surface area contributed by atoms with Gasteiger partial charge in [-0.05, 0) is 79.8 Å². The quantitative estimate of drug-likeness (QED) is 0.442. The number of fused-ring (bicyclic) bond motifs is 1. The fourth-order valence-electron chi connectivity index (χ4n) is 4.94. The second-order valence-corrected chi connectivity index (χ2v) is 9.18. The SMILES string of the molecule is CCC1=C2C(=Cc3ccc(-n4cnc(C)c4)c(OC)c3)OCCN2N(c2ccc(F)cc2)C(=O)CCC1. The third kappa shape index (κ3) is 4.96. The fourth-order valence-corrected chi connectivity index (χ4v) is 4.94. The smallest absolute Gasteiger partial charge is 0.245 e. The zero-order valence-corrected chi connectivity index (χ0v) is 21.4. The monoisotopic (exact) mass is 502 g/mol. The van der Waals surface area contributed by atoms with Crippen molar-refractivity contribution < 1.29 is 18.7 Å². The van der Waals surface area contributed by atoms with Crippen molar-refractivity contribution in [3.8, 4) is 11.4 Å². The van der Waals surface area contributed by atoms with E-state index in [-0.39, 0.29) is 11.7 Å². The number of aryl methyl sites for hydroxylation is 1. The fraction of sp³-hybridized carbons (Fsp3) is 0.310. The maximum absolute atomic E-state index is 13.7. The van der Waals surface area contributed by atoms with Gasteiger partial charge in [0.25, 0.3) is 0 Å². The molecule has 2 aromatic carbocycles. The molecule has 2 aliphatic heterocycles. The number of hydrazine groups is 1. The van der Waals surface area contributed by atoms with Crippen molar-refractivity contribution in [2.75, 3.05) is 25.3 Å². The average molecular weight is 503 g/mol. The summed E-state index contributed by atoms with van der Waals surface area (Å²) in [5.74, 6) is 1.07. The number of benzene rings is 2. The van der Waals surface area contributed by atoms with Crippen molar-refractivity contribution in [2.45, 2.75) is 39.5 Å². The summed E-state index contributed by atoms with van der Waals surface area (Å²) < 4.78 is 27.5. The summed E-state index contributed by atoms with van der Waals surface area (Å²) in [7, 11) is 1.65. The van der Waals surface area contributed by atoms with Crippen LogP contribution in [0.2, 0.25) is 0 Å². The second kappa shape index (κ2) is 10.5. The number of hydrogen-bond donors (Lipinski definition) is 0. The highest BCUT2D eigenvalue weighted by atomic mass is 19.1. The molecule has 2 aliphatic rings. The molecule has 5 rings (SSSR count). The maximum Gasteiger partial charge on any atom is 0.245 e. The van der Waals surface area contributed by atoms with Crippen molar-refractivity contribution >= 4 is 17.7 Å². The number of carbonyl (C=O) groups excluding carboxylic acids is 1. The Morgan fingerprint density at radius 3 is 2.68 bits per heavy atom. The minimum absolute atomic E-state index is 0.0119. The highest BCUT2D eigenvalue weighted by Gasteiger charge is 2.34. The molecule has 1 saturated heterocycles. The van der Waals surface area contributed by atoms with E-state index in [0.29, 0.717) is 36.8 Å². The van der Waals surface area contributed by atoms with Crippen LogP contribution < -0.4 is 9.75 Å². The number of hydrogen-bond acceptors (Lipinski definition) is 5. The van der Waals surface area contributed by atoms with Crippen LogP contribution in [-0.2, 0) is 9.53 Å². The Bertz CT molecular complexity index is 1360. The molecule has 1 aromatic heterocycles. The summed E-state index contributed by atoms with van der Waals surface area (Å²) in [5.41, 5.74) is 5.50. The first-order valence-electron chi connectivity index (χ1n) is 12.6. The molecule has 0 unspecified atom stereocenters. The number of anilines is 1. The molecular formula is C29H31FN4O3. The van der Waals surface area contributed by atoms with Gasteiger partial charge in [-0.3, -0.25) is 9.80 Å². The minimum Gasteiger partial charge on any atom is -0.495 e. The molecule has 3 aromatic rings. The molecule has 192 valence electrons. The predicted molar refractivity (Wildman–Crippen MR) is 141 cm³/mol. The topological polar surface area (TPSA) is 59.8 Å². The summed E-state index contributed by atoms with van der Waals surface area (Å²) in [6.07, 6.45) is 8.54. The number of methoxy groups -OCH3 is 1. The summed E-state index contributed by atoms with van der Waals surface area (Å²) in [6, 6.07) is 12.1. The van der Waals surface area contributed by atoms with Gasteiger partial charge in [-0.1, -0.05) is 13.0 Å². The van der Waals surface area contributed by atoms with E-state index < -0.39 is 0 Å². The van der Waals surface area contributed by atoms with E-state index in [1.807, 2.05) is 47.0 Å². The largest absolute Gasteiger partial charge is 0.495 e. The summed E-state index contributed by atoms with van der Waals surface area (Å²) in [4.78, 5) is 17.6. The summed E-state index contributed by atoms with van der Waals surface area (Å²) >= 11 is 0. The van der Waals surface area contributed by atoms with E-state index in [2.05, 4.69) is 11.9 Å². The number of morpholine rings is 1. The standard InChI is InChI=1S/C29H31FN4O3/c1-4-22-6-5-7-28(35)34(24-11-9-23(30)10-12-24)33-14-15-37-27(29(22)33)17-21-8-13-25(26(16-21)36-3)32-18-20(2)31-19-32/h8-13,16-19H,4-7,14-15H2,1-3H3. The summed E-state index contributed by atoms with van der Waals surface area (Å²) in [6.45, 7) is 5.01. The molecule has 1 amide bonds. The van der Waals surface area contributed by atoms with E-state index in [1.54, 1.807) is 30.6 Å². The third-order valence-electron chi connectivity index (χ3n) is 6.72. The van der Waals surface area contributed by atoms with Crippen molar-refractivity contribution in [1.29, 1.82) is 0 Å². The molecule has 37 heavy (non-hydrogen) atoms. The van der Waals surface area contributed by atoms with Crippen LogP contribution in [0.1, 0.15) is 43.9 Å². The van der Waals surface area contributed by atoms with Crippen LogP contribution in [0, 0.1) is 12.7 Å². The van der Waals surface area contributed by atoms with Gasteiger partial charge in [0.15, 0.2) is 0 Å². The van der Waals surface area contributed by atoms with E-state index >= 15 is 0 Å². The molecule has 0 bridgehead atoms. The molecular weight excluding hydrogens is 471 g/mol. The van der Waals surface area contributed by atoms with Gasteiger partial charge in [0, 0.05) is 12.6 Å². The Labute approximate surface area is 216 Å². The maximum atomic E-state index is 13.7. The lowest BCUT2D eigenvalue weighted by atomic mass is 9.99. The molecule has 8 heteroatoms. The highest BCUT2D eigenvalue weighted by molar-refractivity contribution is 5.93. The van der Waals surface area contributed by atoms with Gasteiger partial charge in [0.2, 0.25) is 5.91 Å². The number of imidazole rings is 1. The van der Waals surface area contributed by atoms with Gasteiger partial charge in [-0.25, -0.2) is 14.4 Å².